The van der Waals surface area contributed by atoms with E-state index < -0.39 is 0 Å². The number of carbonyl (C=O) groups excluding carboxylic acids is 1. The van der Waals surface area contributed by atoms with E-state index in [1.165, 1.54) is 24.5 Å². The molecule has 2 rings (SSSR count). The van der Waals surface area contributed by atoms with E-state index in [2.05, 4.69) is 10.3 Å². The Balaban J connectivity index is 2.13. The number of amides is 1. The number of thiazole rings is 1. The number of nitrogens with one attached hydrogen (secondary N) is 1. The lowest BCUT2D eigenvalue weighted by molar-refractivity contribution is -0.111. The number of benzene rings is 1. The number of hydrogen-bond acceptors (Lipinski definition) is 5. The molecule has 0 atom stereocenters. The van der Waals surface area contributed by atoms with Gasteiger partial charge in [-0.2, -0.15) is 0 Å². The van der Waals surface area contributed by atoms with Crippen molar-refractivity contribution in [2.75, 3.05) is 19.0 Å². The Bertz CT molecular complexity index is 672. The van der Waals surface area contributed by atoms with Gasteiger partial charge in [0.2, 0.25) is 5.91 Å². The first-order valence-electron chi connectivity index (χ1n) is 6.53. The van der Waals surface area contributed by atoms with Crippen molar-refractivity contribution >= 4 is 40.1 Å². The highest BCUT2D eigenvalue weighted by atomic mass is 35.5. The molecule has 7 heteroatoms. The summed E-state index contributed by atoms with van der Waals surface area (Å²) in [5, 5.41) is 5.43. The molecule has 1 N–H and O–H groups in total. The van der Waals surface area contributed by atoms with Crippen molar-refractivity contribution in [3.05, 3.63) is 40.4 Å². The van der Waals surface area contributed by atoms with Gasteiger partial charge in [-0.1, -0.05) is 11.6 Å². The van der Waals surface area contributed by atoms with Gasteiger partial charge >= 0.3 is 0 Å². The molecule has 0 aliphatic rings. The second-order valence-corrected chi connectivity index (χ2v) is 5.43. The van der Waals surface area contributed by atoms with Gasteiger partial charge in [-0.25, -0.2) is 4.98 Å². The zero-order chi connectivity index (χ0) is 15.9. The van der Waals surface area contributed by atoms with Gasteiger partial charge in [0, 0.05) is 17.7 Å². The summed E-state index contributed by atoms with van der Waals surface area (Å²) in [6.45, 7) is 2.36. The predicted molar refractivity (Wildman–Crippen MR) is 89.0 cm³/mol. The molecule has 0 aliphatic heterocycles. The molecule has 0 fully saturated rings. The lowest BCUT2D eigenvalue weighted by Gasteiger charge is -2.11. The fraction of sp³-hybridized carbons (Fsp3) is 0.200. The first-order chi connectivity index (χ1) is 10.6. The fourth-order valence-electron chi connectivity index (χ4n) is 1.72. The Morgan fingerprint density at radius 3 is 2.95 bits per heavy atom. The standard InChI is InChI=1S/C15H15ClN2O3S/c1-3-21-14-11(16)8-10(9-12(14)20-2)4-5-13(19)18-15-17-6-7-22-15/h4-9H,3H2,1-2H3,(H,17,18,19)/b5-4+. The number of ether oxygens (including phenoxy) is 2. The zero-order valence-electron chi connectivity index (χ0n) is 12.1. The maximum atomic E-state index is 11.8. The molecule has 0 spiro atoms. The maximum Gasteiger partial charge on any atom is 0.250 e. The number of carbonyl (C=O) groups is 1. The largest absolute Gasteiger partial charge is 0.493 e. The second kappa shape index (κ2) is 7.82. The summed E-state index contributed by atoms with van der Waals surface area (Å²) in [7, 11) is 1.54. The van der Waals surface area contributed by atoms with Gasteiger partial charge in [-0.3, -0.25) is 10.1 Å². The van der Waals surface area contributed by atoms with Crippen molar-refractivity contribution in [1.82, 2.24) is 4.98 Å². The molecular formula is C15H15ClN2O3S. The fourth-order valence-corrected chi connectivity index (χ4v) is 2.53. The van der Waals surface area contributed by atoms with Crippen molar-refractivity contribution in [2.45, 2.75) is 6.92 Å². The molecule has 0 aliphatic carbocycles. The highest BCUT2D eigenvalue weighted by molar-refractivity contribution is 7.13. The summed E-state index contributed by atoms with van der Waals surface area (Å²) in [6.07, 6.45) is 4.68. The monoisotopic (exact) mass is 338 g/mol. The van der Waals surface area contributed by atoms with Crippen molar-refractivity contribution in [2.24, 2.45) is 0 Å². The lowest BCUT2D eigenvalue weighted by Crippen LogP contribution is -2.07. The van der Waals surface area contributed by atoms with Crippen LogP contribution in [0.2, 0.25) is 5.02 Å². The first-order valence-corrected chi connectivity index (χ1v) is 7.78. The summed E-state index contributed by atoms with van der Waals surface area (Å²) in [6, 6.07) is 3.46. The van der Waals surface area contributed by atoms with Crippen molar-refractivity contribution in [1.29, 1.82) is 0 Å². The molecule has 1 heterocycles. The highest BCUT2D eigenvalue weighted by Crippen LogP contribution is 2.36. The minimum absolute atomic E-state index is 0.265. The third kappa shape index (κ3) is 4.22. The number of rotatable bonds is 6. The van der Waals surface area contributed by atoms with Crippen LogP contribution >= 0.6 is 22.9 Å². The summed E-state index contributed by atoms with van der Waals surface area (Å²) >= 11 is 7.53. The Labute approximate surface area is 137 Å². The van der Waals surface area contributed by atoms with Crippen molar-refractivity contribution in [3.8, 4) is 11.5 Å². The topological polar surface area (TPSA) is 60.5 Å². The van der Waals surface area contributed by atoms with E-state index >= 15 is 0 Å². The van der Waals surface area contributed by atoms with E-state index in [0.29, 0.717) is 28.3 Å². The number of hydrogen-bond donors (Lipinski definition) is 1. The molecule has 22 heavy (non-hydrogen) atoms. The predicted octanol–water partition coefficient (Wildman–Crippen LogP) is 3.86. The third-order valence-electron chi connectivity index (χ3n) is 2.63. The Morgan fingerprint density at radius 1 is 1.50 bits per heavy atom. The van der Waals surface area contributed by atoms with E-state index in [4.69, 9.17) is 21.1 Å². The quantitative estimate of drug-likeness (QED) is 0.812. The molecule has 0 radical (unpaired) electrons. The van der Waals surface area contributed by atoms with Gasteiger partial charge < -0.3 is 9.47 Å². The molecule has 0 bridgehead atoms. The number of methoxy groups -OCH3 is 1. The van der Waals surface area contributed by atoms with E-state index in [0.717, 1.165) is 5.56 Å². The lowest BCUT2D eigenvalue weighted by atomic mass is 10.2. The van der Waals surface area contributed by atoms with Crippen LogP contribution in [0.25, 0.3) is 6.08 Å². The highest BCUT2D eigenvalue weighted by Gasteiger charge is 2.10. The number of anilines is 1. The van der Waals surface area contributed by atoms with E-state index in [9.17, 15) is 4.79 Å². The molecule has 1 aromatic heterocycles. The average Bonchev–Trinajstić information content (AvgIpc) is 3.00. The Kier molecular flexibility index (Phi) is 5.80. The smallest absolute Gasteiger partial charge is 0.250 e. The number of halogens is 1. The van der Waals surface area contributed by atoms with Crippen LogP contribution < -0.4 is 14.8 Å². The molecule has 5 nitrogen and oxygen atoms in total. The number of nitrogens with zero attached hydrogens (tertiary/aromatic N) is 1. The minimum Gasteiger partial charge on any atom is -0.493 e. The molecular weight excluding hydrogens is 324 g/mol. The van der Waals surface area contributed by atoms with Crippen LogP contribution in [0.1, 0.15) is 12.5 Å². The van der Waals surface area contributed by atoms with Gasteiger partial charge in [-0.15, -0.1) is 11.3 Å². The average molecular weight is 339 g/mol. The van der Waals surface area contributed by atoms with Crippen LogP contribution in [0.4, 0.5) is 5.13 Å². The summed E-state index contributed by atoms with van der Waals surface area (Å²) in [5.74, 6) is 0.754. The Hall–Kier alpha value is -2.05. The van der Waals surface area contributed by atoms with Crippen LogP contribution in [0.3, 0.4) is 0 Å². The molecule has 0 saturated heterocycles. The molecule has 2 aromatic rings. The summed E-state index contributed by atoms with van der Waals surface area (Å²) in [5.41, 5.74) is 0.736. The van der Waals surface area contributed by atoms with Gasteiger partial charge in [0.1, 0.15) is 0 Å². The van der Waals surface area contributed by atoms with Gasteiger partial charge in [0.15, 0.2) is 16.6 Å². The van der Waals surface area contributed by atoms with Crippen LogP contribution in [0.5, 0.6) is 11.5 Å². The molecule has 116 valence electrons. The molecule has 0 unspecified atom stereocenters. The van der Waals surface area contributed by atoms with Crippen LogP contribution in [-0.2, 0) is 4.79 Å². The van der Waals surface area contributed by atoms with Gasteiger partial charge in [0.25, 0.3) is 0 Å². The second-order valence-electron chi connectivity index (χ2n) is 4.13. The molecule has 1 aromatic carbocycles. The van der Waals surface area contributed by atoms with E-state index in [-0.39, 0.29) is 5.91 Å². The summed E-state index contributed by atoms with van der Waals surface area (Å²) in [4.78, 5) is 15.8. The van der Waals surface area contributed by atoms with Crippen LogP contribution in [0.15, 0.2) is 29.8 Å². The minimum atomic E-state index is -0.265. The van der Waals surface area contributed by atoms with Crippen LogP contribution in [0, 0.1) is 0 Å². The maximum absolute atomic E-state index is 11.8. The molecule has 0 saturated carbocycles. The third-order valence-corrected chi connectivity index (χ3v) is 3.60. The van der Waals surface area contributed by atoms with Gasteiger partial charge in [0.05, 0.1) is 18.7 Å². The van der Waals surface area contributed by atoms with Crippen molar-refractivity contribution < 1.29 is 14.3 Å². The number of aromatic nitrogens is 1. The normalized spacial score (nSPS) is 10.7. The Morgan fingerprint density at radius 2 is 2.32 bits per heavy atom. The van der Waals surface area contributed by atoms with Crippen LogP contribution in [-0.4, -0.2) is 24.6 Å². The molecule has 1 amide bonds. The van der Waals surface area contributed by atoms with E-state index in [1.807, 2.05) is 6.92 Å². The first kappa shape index (κ1) is 16.3. The van der Waals surface area contributed by atoms with Crippen molar-refractivity contribution in [3.63, 3.8) is 0 Å². The summed E-state index contributed by atoms with van der Waals surface area (Å²) < 4.78 is 10.7. The van der Waals surface area contributed by atoms with Gasteiger partial charge in [-0.05, 0) is 30.7 Å². The SMILES string of the molecule is CCOc1c(Cl)cc(/C=C/C(=O)Nc2nccs2)cc1OC. The zero-order valence-corrected chi connectivity index (χ0v) is 13.7. The van der Waals surface area contributed by atoms with E-state index in [1.54, 1.807) is 29.8 Å².